The maximum Gasteiger partial charge on any atom is 0.242 e. The standard InChI is InChI=1S/C25H35N5O4/c1-5-12-30(24(31)6-2)18-25(32)29-14-7-13-28(15-16-29)23-11-10-21(26-27-23)20-9-8-19(33-3)17-22(20)34-4/h8-11,17H,5-7,12-16,18H2,1-4H3. The van der Waals surface area contributed by atoms with E-state index in [-0.39, 0.29) is 18.4 Å². The minimum absolute atomic E-state index is 0.00475. The van der Waals surface area contributed by atoms with Crippen LogP contribution in [0, 0.1) is 0 Å². The third-order valence-electron chi connectivity index (χ3n) is 5.98. The van der Waals surface area contributed by atoms with Crippen molar-refractivity contribution in [1.29, 1.82) is 0 Å². The molecule has 2 aromatic rings. The minimum atomic E-state index is 0.00475. The summed E-state index contributed by atoms with van der Waals surface area (Å²) in [6.45, 7) is 7.33. The van der Waals surface area contributed by atoms with E-state index in [1.165, 1.54) is 0 Å². The lowest BCUT2D eigenvalue weighted by Crippen LogP contribution is -2.44. The molecule has 3 rings (SSSR count). The SMILES string of the molecule is CCCN(CC(=O)N1CCCN(c2ccc(-c3ccc(OC)cc3OC)nn2)CC1)C(=O)CC. The number of hydrogen-bond donors (Lipinski definition) is 0. The Morgan fingerprint density at radius 3 is 2.47 bits per heavy atom. The molecule has 1 aliphatic rings. The Bertz CT molecular complexity index is 966. The summed E-state index contributed by atoms with van der Waals surface area (Å²) < 4.78 is 10.7. The molecule has 9 nitrogen and oxygen atoms in total. The van der Waals surface area contributed by atoms with E-state index in [4.69, 9.17) is 9.47 Å². The fourth-order valence-corrected chi connectivity index (χ4v) is 4.09. The van der Waals surface area contributed by atoms with E-state index in [1.807, 2.05) is 49.1 Å². The highest BCUT2D eigenvalue weighted by Gasteiger charge is 2.23. The number of nitrogens with zero attached hydrogens (tertiary/aromatic N) is 5. The zero-order valence-electron chi connectivity index (χ0n) is 20.6. The van der Waals surface area contributed by atoms with Gasteiger partial charge in [0.15, 0.2) is 5.82 Å². The number of carbonyl (C=O) groups excluding carboxylic acids is 2. The van der Waals surface area contributed by atoms with Gasteiger partial charge in [-0.1, -0.05) is 13.8 Å². The van der Waals surface area contributed by atoms with Crippen molar-refractivity contribution in [3.05, 3.63) is 30.3 Å². The van der Waals surface area contributed by atoms with Crippen LogP contribution in [0.15, 0.2) is 30.3 Å². The Hall–Kier alpha value is -3.36. The molecule has 34 heavy (non-hydrogen) atoms. The van der Waals surface area contributed by atoms with Gasteiger partial charge in [-0.15, -0.1) is 10.2 Å². The molecule has 0 atom stereocenters. The average Bonchev–Trinajstić information content (AvgIpc) is 3.14. The van der Waals surface area contributed by atoms with Gasteiger partial charge in [0.2, 0.25) is 11.8 Å². The Morgan fingerprint density at radius 1 is 1.00 bits per heavy atom. The van der Waals surface area contributed by atoms with E-state index in [0.717, 1.165) is 30.8 Å². The molecule has 1 aliphatic heterocycles. The van der Waals surface area contributed by atoms with Gasteiger partial charge >= 0.3 is 0 Å². The molecule has 1 aromatic carbocycles. The first-order valence-corrected chi connectivity index (χ1v) is 11.9. The zero-order valence-corrected chi connectivity index (χ0v) is 20.6. The van der Waals surface area contributed by atoms with Crippen LogP contribution >= 0.6 is 0 Å². The molecule has 0 spiro atoms. The van der Waals surface area contributed by atoms with E-state index >= 15 is 0 Å². The van der Waals surface area contributed by atoms with Crippen molar-refractivity contribution in [2.75, 3.05) is 58.4 Å². The molecule has 9 heteroatoms. The summed E-state index contributed by atoms with van der Waals surface area (Å²) in [5.74, 6) is 2.19. The van der Waals surface area contributed by atoms with Gasteiger partial charge in [-0.25, -0.2) is 0 Å². The van der Waals surface area contributed by atoms with Crippen molar-refractivity contribution >= 4 is 17.6 Å². The van der Waals surface area contributed by atoms with Crippen LogP contribution in [-0.2, 0) is 9.59 Å². The van der Waals surface area contributed by atoms with Gasteiger partial charge in [-0.3, -0.25) is 9.59 Å². The first kappa shape index (κ1) is 25.3. The Kier molecular flexibility index (Phi) is 9.07. The molecule has 1 fully saturated rings. The van der Waals surface area contributed by atoms with Crippen molar-refractivity contribution in [2.24, 2.45) is 0 Å². The molecular formula is C25H35N5O4. The molecule has 0 radical (unpaired) electrons. The number of ether oxygens (including phenoxy) is 2. The number of benzene rings is 1. The number of anilines is 1. The molecule has 184 valence electrons. The Morgan fingerprint density at radius 2 is 1.82 bits per heavy atom. The van der Waals surface area contributed by atoms with E-state index in [9.17, 15) is 9.59 Å². The fourth-order valence-electron chi connectivity index (χ4n) is 4.09. The van der Waals surface area contributed by atoms with Crippen molar-refractivity contribution in [2.45, 2.75) is 33.1 Å². The van der Waals surface area contributed by atoms with Crippen LogP contribution in [0.5, 0.6) is 11.5 Å². The van der Waals surface area contributed by atoms with Gasteiger partial charge in [-0.05, 0) is 37.1 Å². The van der Waals surface area contributed by atoms with E-state index in [0.29, 0.717) is 49.8 Å². The number of carbonyl (C=O) groups is 2. The smallest absolute Gasteiger partial charge is 0.242 e. The van der Waals surface area contributed by atoms with E-state index in [2.05, 4.69) is 15.1 Å². The number of amides is 2. The molecule has 0 N–H and O–H groups in total. The summed E-state index contributed by atoms with van der Waals surface area (Å²) in [6, 6.07) is 9.47. The van der Waals surface area contributed by atoms with Gasteiger partial charge in [0, 0.05) is 50.8 Å². The van der Waals surface area contributed by atoms with Crippen LogP contribution < -0.4 is 14.4 Å². The number of hydrogen-bond acceptors (Lipinski definition) is 7. The van der Waals surface area contributed by atoms with Gasteiger partial charge in [0.1, 0.15) is 11.5 Å². The molecule has 2 amide bonds. The highest BCUT2D eigenvalue weighted by atomic mass is 16.5. The largest absolute Gasteiger partial charge is 0.497 e. The lowest BCUT2D eigenvalue weighted by Gasteiger charge is -2.26. The second-order valence-corrected chi connectivity index (χ2v) is 8.23. The van der Waals surface area contributed by atoms with Gasteiger partial charge < -0.3 is 24.2 Å². The van der Waals surface area contributed by atoms with Crippen molar-refractivity contribution in [3.63, 3.8) is 0 Å². The molecule has 1 aromatic heterocycles. The number of methoxy groups -OCH3 is 2. The average molecular weight is 470 g/mol. The first-order valence-electron chi connectivity index (χ1n) is 11.9. The third kappa shape index (κ3) is 6.15. The van der Waals surface area contributed by atoms with Crippen LogP contribution in [-0.4, -0.2) is 85.3 Å². The molecule has 2 heterocycles. The van der Waals surface area contributed by atoms with Crippen LogP contribution in [0.4, 0.5) is 5.82 Å². The van der Waals surface area contributed by atoms with Crippen LogP contribution in [0.3, 0.4) is 0 Å². The third-order valence-corrected chi connectivity index (χ3v) is 5.98. The van der Waals surface area contributed by atoms with Crippen molar-refractivity contribution in [1.82, 2.24) is 20.0 Å². The van der Waals surface area contributed by atoms with Crippen molar-refractivity contribution in [3.8, 4) is 22.8 Å². The second kappa shape index (κ2) is 12.2. The number of rotatable bonds is 9. The lowest BCUT2D eigenvalue weighted by atomic mass is 10.1. The molecule has 0 aliphatic carbocycles. The first-order chi connectivity index (χ1) is 16.5. The van der Waals surface area contributed by atoms with E-state index in [1.54, 1.807) is 19.1 Å². The molecular weight excluding hydrogens is 434 g/mol. The molecule has 0 saturated carbocycles. The lowest BCUT2D eigenvalue weighted by molar-refractivity contribution is -0.140. The summed E-state index contributed by atoms with van der Waals surface area (Å²) in [5.41, 5.74) is 1.56. The Labute approximate surface area is 201 Å². The summed E-state index contributed by atoms with van der Waals surface area (Å²) in [7, 11) is 3.23. The Balaban J connectivity index is 1.64. The topological polar surface area (TPSA) is 88.1 Å². The predicted molar refractivity (Wildman–Crippen MR) is 131 cm³/mol. The normalized spacial score (nSPS) is 13.9. The maximum absolute atomic E-state index is 12.9. The summed E-state index contributed by atoms with van der Waals surface area (Å²) in [6.07, 6.45) is 2.08. The second-order valence-electron chi connectivity index (χ2n) is 8.23. The van der Waals surface area contributed by atoms with Gasteiger partial charge in [0.25, 0.3) is 0 Å². The highest BCUT2D eigenvalue weighted by molar-refractivity contribution is 5.84. The molecule has 0 unspecified atom stereocenters. The van der Waals surface area contributed by atoms with Crippen LogP contribution in [0.2, 0.25) is 0 Å². The quantitative estimate of drug-likeness (QED) is 0.558. The summed E-state index contributed by atoms with van der Waals surface area (Å²) in [4.78, 5) is 30.7. The van der Waals surface area contributed by atoms with Crippen LogP contribution in [0.1, 0.15) is 33.1 Å². The summed E-state index contributed by atoms with van der Waals surface area (Å²) >= 11 is 0. The predicted octanol–water partition coefficient (Wildman–Crippen LogP) is 2.85. The maximum atomic E-state index is 12.9. The summed E-state index contributed by atoms with van der Waals surface area (Å²) in [5, 5.41) is 8.87. The van der Waals surface area contributed by atoms with Crippen molar-refractivity contribution < 1.29 is 19.1 Å². The molecule has 0 bridgehead atoms. The highest BCUT2D eigenvalue weighted by Crippen LogP contribution is 2.32. The van der Waals surface area contributed by atoms with E-state index < -0.39 is 0 Å². The van der Waals surface area contributed by atoms with Gasteiger partial charge in [-0.2, -0.15) is 0 Å². The zero-order chi connectivity index (χ0) is 24.5. The minimum Gasteiger partial charge on any atom is -0.497 e. The fraction of sp³-hybridized carbons (Fsp3) is 0.520. The van der Waals surface area contributed by atoms with Gasteiger partial charge in [0.05, 0.1) is 26.5 Å². The van der Waals surface area contributed by atoms with Crippen LogP contribution in [0.25, 0.3) is 11.3 Å². The molecule has 1 saturated heterocycles. The number of aromatic nitrogens is 2. The monoisotopic (exact) mass is 469 g/mol.